The Hall–Kier alpha value is -0.830. The second-order valence-electron chi connectivity index (χ2n) is 6.02. The lowest BCUT2D eigenvalue weighted by Gasteiger charge is -2.24. The third-order valence-corrected chi connectivity index (χ3v) is 2.56. The second kappa shape index (κ2) is 3.97. The third kappa shape index (κ3) is 3.06. The molecule has 0 aliphatic rings. The van der Waals surface area contributed by atoms with E-state index in [-0.39, 0.29) is 17.4 Å². The molecule has 2 N–H and O–H groups in total. The Labute approximate surface area is 91.9 Å². The van der Waals surface area contributed by atoms with Crippen molar-refractivity contribution in [3.8, 4) is 0 Å². The lowest BCUT2D eigenvalue weighted by molar-refractivity contribution is 0.159. The molecule has 0 saturated heterocycles. The summed E-state index contributed by atoms with van der Waals surface area (Å²) >= 11 is 0. The summed E-state index contributed by atoms with van der Waals surface area (Å²) < 4.78 is 0. The predicted octanol–water partition coefficient (Wildman–Crippen LogP) is 2.27. The first kappa shape index (κ1) is 12.2. The van der Waals surface area contributed by atoms with Gasteiger partial charge in [0.25, 0.3) is 0 Å². The largest absolute Gasteiger partial charge is 0.396 e. The number of H-pyrrole nitrogens is 1. The third-order valence-electron chi connectivity index (χ3n) is 2.56. The predicted molar refractivity (Wildman–Crippen MR) is 61.9 cm³/mol. The molecule has 0 unspecified atom stereocenters. The van der Waals surface area contributed by atoms with Crippen molar-refractivity contribution in [1.29, 1.82) is 0 Å². The van der Waals surface area contributed by atoms with Crippen LogP contribution in [0.1, 0.15) is 45.9 Å². The molecule has 0 atom stereocenters. The van der Waals surface area contributed by atoms with Gasteiger partial charge in [-0.15, -0.1) is 0 Å². The van der Waals surface area contributed by atoms with Crippen molar-refractivity contribution < 1.29 is 5.11 Å². The second-order valence-corrected chi connectivity index (χ2v) is 6.02. The molecular weight excluding hydrogens is 188 g/mol. The molecule has 3 nitrogen and oxygen atoms in total. The Bertz CT molecular complexity index is 321. The Balaban J connectivity index is 2.92. The van der Waals surface area contributed by atoms with Crippen LogP contribution in [-0.2, 0) is 11.8 Å². The zero-order valence-corrected chi connectivity index (χ0v) is 10.4. The van der Waals surface area contributed by atoms with Gasteiger partial charge in [-0.25, -0.2) is 0 Å². The molecule has 0 saturated carbocycles. The van der Waals surface area contributed by atoms with E-state index in [4.69, 9.17) is 0 Å². The Morgan fingerprint density at radius 3 is 2.33 bits per heavy atom. The maximum absolute atomic E-state index is 9.26. The number of aromatic nitrogens is 2. The highest BCUT2D eigenvalue weighted by Crippen LogP contribution is 2.28. The van der Waals surface area contributed by atoms with E-state index in [0.29, 0.717) is 0 Å². The summed E-state index contributed by atoms with van der Waals surface area (Å²) in [4.78, 5) is 0. The van der Waals surface area contributed by atoms with Gasteiger partial charge in [0.15, 0.2) is 0 Å². The number of aliphatic hydroxyl groups excluding tert-OH is 1. The molecular formula is C12H22N2O. The fourth-order valence-corrected chi connectivity index (χ4v) is 1.67. The van der Waals surface area contributed by atoms with Crippen LogP contribution in [0.2, 0.25) is 0 Å². The molecule has 1 aromatic heterocycles. The minimum Gasteiger partial charge on any atom is -0.396 e. The summed E-state index contributed by atoms with van der Waals surface area (Å²) in [5.74, 6) is 0. The molecule has 1 aromatic rings. The molecule has 0 spiro atoms. The molecule has 0 radical (unpaired) electrons. The number of hydrogen-bond donors (Lipinski definition) is 2. The number of nitrogens with one attached hydrogen (secondary N) is 1. The summed E-state index contributed by atoms with van der Waals surface area (Å²) in [6, 6.07) is 0. The van der Waals surface area contributed by atoms with Gasteiger partial charge in [-0.1, -0.05) is 34.6 Å². The highest BCUT2D eigenvalue weighted by Gasteiger charge is 2.25. The van der Waals surface area contributed by atoms with Crippen LogP contribution in [-0.4, -0.2) is 21.9 Å². The van der Waals surface area contributed by atoms with Crippen LogP contribution in [0.15, 0.2) is 6.20 Å². The minimum atomic E-state index is -0.0795. The maximum atomic E-state index is 9.26. The number of hydrogen-bond acceptors (Lipinski definition) is 2. The Morgan fingerprint density at radius 2 is 1.87 bits per heavy atom. The zero-order chi connectivity index (χ0) is 11.7. The van der Waals surface area contributed by atoms with Gasteiger partial charge in [-0.05, 0) is 17.4 Å². The number of rotatable bonds is 3. The van der Waals surface area contributed by atoms with Gasteiger partial charge in [-0.3, -0.25) is 5.10 Å². The first-order valence-corrected chi connectivity index (χ1v) is 5.40. The van der Waals surface area contributed by atoms with Gasteiger partial charge in [0.1, 0.15) is 0 Å². The highest BCUT2D eigenvalue weighted by molar-refractivity contribution is 5.24. The van der Waals surface area contributed by atoms with Crippen molar-refractivity contribution in [3.05, 3.63) is 17.5 Å². The zero-order valence-electron chi connectivity index (χ0n) is 10.4. The smallest absolute Gasteiger partial charge is 0.0522 e. The molecule has 1 rings (SSSR count). The van der Waals surface area contributed by atoms with E-state index in [0.717, 1.165) is 6.42 Å². The molecule has 0 aliphatic carbocycles. The van der Waals surface area contributed by atoms with E-state index in [1.165, 1.54) is 11.3 Å². The van der Waals surface area contributed by atoms with Crippen LogP contribution in [0.25, 0.3) is 0 Å². The van der Waals surface area contributed by atoms with Gasteiger partial charge in [0, 0.05) is 17.7 Å². The fourth-order valence-electron chi connectivity index (χ4n) is 1.67. The lowest BCUT2D eigenvalue weighted by Crippen LogP contribution is -2.22. The van der Waals surface area contributed by atoms with Gasteiger partial charge in [0.05, 0.1) is 6.20 Å². The highest BCUT2D eigenvalue weighted by atomic mass is 16.3. The van der Waals surface area contributed by atoms with E-state index < -0.39 is 0 Å². The maximum Gasteiger partial charge on any atom is 0.0522 e. The van der Waals surface area contributed by atoms with Crippen molar-refractivity contribution in [2.24, 2.45) is 5.41 Å². The van der Waals surface area contributed by atoms with Crippen molar-refractivity contribution in [2.75, 3.05) is 6.61 Å². The molecule has 0 aromatic carbocycles. The van der Waals surface area contributed by atoms with Gasteiger partial charge in [0.2, 0.25) is 0 Å². The van der Waals surface area contributed by atoms with Crippen LogP contribution < -0.4 is 0 Å². The van der Waals surface area contributed by atoms with E-state index in [2.05, 4.69) is 44.8 Å². The van der Waals surface area contributed by atoms with E-state index >= 15 is 0 Å². The van der Waals surface area contributed by atoms with Crippen molar-refractivity contribution in [3.63, 3.8) is 0 Å². The SMILES string of the molecule is CC(C)(CO)Cc1cn[nH]c1C(C)(C)C. The number of aliphatic hydroxyl groups is 1. The van der Waals surface area contributed by atoms with E-state index in [1.54, 1.807) is 0 Å². The summed E-state index contributed by atoms with van der Waals surface area (Å²) in [6.45, 7) is 10.8. The first-order chi connectivity index (χ1) is 6.76. The van der Waals surface area contributed by atoms with Crippen molar-refractivity contribution in [2.45, 2.75) is 46.5 Å². The first-order valence-electron chi connectivity index (χ1n) is 5.40. The summed E-state index contributed by atoms with van der Waals surface area (Å²) in [5, 5.41) is 16.4. The quantitative estimate of drug-likeness (QED) is 0.804. The fraction of sp³-hybridized carbons (Fsp3) is 0.750. The minimum absolute atomic E-state index is 0.0795. The molecule has 1 heterocycles. The average molecular weight is 210 g/mol. The van der Waals surface area contributed by atoms with Crippen LogP contribution in [0.4, 0.5) is 0 Å². The summed E-state index contributed by atoms with van der Waals surface area (Å²) in [6.07, 6.45) is 2.73. The molecule has 0 bridgehead atoms. The topological polar surface area (TPSA) is 48.9 Å². The monoisotopic (exact) mass is 210 g/mol. The van der Waals surface area contributed by atoms with Gasteiger partial charge >= 0.3 is 0 Å². The van der Waals surface area contributed by atoms with Crippen LogP contribution in [0.5, 0.6) is 0 Å². The number of aromatic amines is 1. The summed E-state index contributed by atoms with van der Waals surface area (Å²) in [5.41, 5.74) is 2.38. The Morgan fingerprint density at radius 1 is 1.27 bits per heavy atom. The van der Waals surface area contributed by atoms with Crippen molar-refractivity contribution in [1.82, 2.24) is 10.2 Å². The molecule has 15 heavy (non-hydrogen) atoms. The lowest BCUT2D eigenvalue weighted by atomic mass is 9.82. The van der Waals surface area contributed by atoms with Crippen LogP contribution in [0.3, 0.4) is 0 Å². The van der Waals surface area contributed by atoms with Gasteiger partial charge in [-0.2, -0.15) is 5.10 Å². The molecule has 0 amide bonds. The molecule has 3 heteroatoms. The summed E-state index contributed by atoms with van der Waals surface area (Å²) in [7, 11) is 0. The molecule has 0 fully saturated rings. The van der Waals surface area contributed by atoms with Gasteiger partial charge < -0.3 is 5.11 Å². The van der Waals surface area contributed by atoms with Crippen LogP contribution >= 0.6 is 0 Å². The van der Waals surface area contributed by atoms with E-state index in [9.17, 15) is 5.11 Å². The standard InChI is InChI=1S/C12H22N2O/c1-11(2,3)10-9(7-13-14-10)6-12(4,5)8-15/h7,15H,6,8H2,1-5H3,(H,13,14). The molecule has 0 aliphatic heterocycles. The normalized spacial score (nSPS) is 13.2. The van der Waals surface area contributed by atoms with Crippen molar-refractivity contribution >= 4 is 0 Å². The number of nitrogens with zero attached hydrogens (tertiary/aromatic N) is 1. The van der Waals surface area contributed by atoms with E-state index in [1.807, 2.05) is 6.20 Å². The molecule has 86 valence electrons. The van der Waals surface area contributed by atoms with Crippen LogP contribution in [0, 0.1) is 5.41 Å². The average Bonchev–Trinajstić information content (AvgIpc) is 2.50. The Kier molecular flexibility index (Phi) is 3.24.